The van der Waals surface area contributed by atoms with E-state index in [0.29, 0.717) is 25.0 Å². The molecule has 3 rings (SSSR count). The summed E-state index contributed by atoms with van der Waals surface area (Å²) in [5, 5.41) is 0. The second-order valence-electron chi connectivity index (χ2n) is 8.32. The van der Waals surface area contributed by atoms with Crippen LogP contribution in [0, 0.1) is 5.92 Å². The third kappa shape index (κ3) is 5.42. The van der Waals surface area contributed by atoms with Gasteiger partial charge in [-0.3, -0.25) is 14.5 Å². The predicted octanol–water partition coefficient (Wildman–Crippen LogP) is 0.500. The lowest BCUT2D eigenvalue weighted by atomic mass is 9.92. The molecule has 3 heterocycles. The first-order valence-electron chi connectivity index (χ1n) is 10.6. The summed E-state index contributed by atoms with van der Waals surface area (Å²) in [5.74, 6) is 0.723. The van der Waals surface area contributed by atoms with Crippen LogP contribution in [0.5, 0.6) is 0 Å². The minimum Gasteiger partial charge on any atom is -0.384 e. The van der Waals surface area contributed by atoms with Crippen molar-refractivity contribution in [2.75, 3.05) is 73.1 Å². The number of likely N-dealkylation sites (tertiary alicyclic amines) is 2. The molecule has 1 atom stereocenters. The molecular weight excluding hydrogens is 344 g/mol. The maximum absolute atomic E-state index is 12.9. The third-order valence-electron chi connectivity index (χ3n) is 6.47. The first kappa shape index (κ1) is 20.6. The van der Waals surface area contributed by atoms with Gasteiger partial charge in [0, 0.05) is 59.0 Å². The number of amides is 2. The first-order valence-corrected chi connectivity index (χ1v) is 10.6. The van der Waals surface area contributed by atoms with Crippen LogP contribution in [0.25, 0.3) is 0 Å². The average molecular weight is 381 g/mol. The molecular formula is C20H36N4O3. The standard InChI is InChI=1S/C20H36N4O3/c1-21-11-13-23(14-12-21)20(26)17-4-3-8-24(16-17)18-5-9-22(10-6-18)19(25)7-15-27-2/h17-18H,3-16H2,1-2H3. The Morgan fingerprint density at radius 2 is 1.63 bits per heavy atom. The highest BCUT2D eigenvalue weighted by atomic mass is 16.5. The highest BCUT2D eigenvalue weighted by molar-refractivity contribution is 5.79. The van der Waals surface area contributed by atoms with E-state index in [1.165, 1.54) is 0 Å². The van der Waals surface area contributed by atoms with Crippen LogP contribution in [-0.4, -0.2) is 111 Å². The van der Waals surface area contributed by atoms with E-state index in [0.717, 1.165) is 78.0 Å². The highest BCUT2D eigenvalue weighted by Gasteiger charge is 2.34. The van der Waals surface area contributed by atoms with E-state index in [-0.39, 0.29) is 11.8 Å². The van der Waals surface area contributed by atoms with Crippen molar-refractivity contribution in [3.8, 4) is 0 Å². The Morgan fingerprint density at radius 3 is 2.30 bits per heavy atom. The van der Waals surface area contributed by atoms with Crippen molar-refractivity contribution in [3.05, 3.63) is 0 Å². The third-order valence-corrected chi connectivity index (χ3v) is 6.47. The van der Waals surface area contributed by atoms with E-state index in [1.807, 2.05) is 4.90 Å². The van der Waals surface area contributed by atoms with Crippen LogP contribution < -0.4 is 0 Å². The van der Waals surface area contributed by atoms with Crippen LogP contribution in [0.15, 0.2) is 0 Å². The SMILES string of the molecule is COCCC(=O)N1CCC(N2CCCC(C(=O)N3CCN(C)CC3)C2)CC1. The van der Waals surface area contributed by atoms with Crippen molar-refractivity contribution in [3.63, 3.8) is 0 Å². The van der Waals surface area contributed by atoms with Crippen LogP contribution in [0.2, 0.25) is 0 Å². The molecule has 3 aliphatic rings. The lowest BCUT2D eigenvalue weighted by Crippen LogP contribution is -2.54. The molecule has 3 saturated heterocycles. The van der Waals surface area contributed by atoms with E-state index < -0.39 is 0 Å². The van der Waals surface area contributed by atoms with Crippen molar-refractivity contribution in [1.82, 2.24) is 19.6 Å². The minimum atomic E-state index is 0.156. The molecule has 0 aromatic carbocycles. The zero-order valence-electron chi connectivity index (χ0n) is 17.1. The van der Waals surface area contributed by atoms with Crippen molar-refractivity contribution >= 4 is 11.8 Å². The van der Waals surface area contributed by atoms with Gasteiger partial charge in [-0.1, -0.05) is 0 Å². The Morgan fingerprint density at radius 1 is 0.926 bits per heavy atom. The molecule has 2 amide bonds. The van der Waals surface area contributed by atoms with Gasteiger partial charge in [-0.15, -0.1) is 0 Å². The van der Waals surface area contributed by atoms with Crippen molar-refractivity contribution in [2.24, 2.45) is 5.92 Å². The molecule has 0 aliphatic carbocycles. The maximum Gasteiger partial charge on any atom is 0.227 e. The van der Waals surface area contributed by atoms with Crippen LogP contribution >= 0.6 is 0 Å². The van der Waals surface area contributed by atoms with Gasteiger partial charge in [0.15, 0.2) is 0 Å². The summed E-state index contributed by atoms with van der Waals surface area (Å²) in [7, 11) is 3.76. The average Bonchev–Trinajstić information content (AvgIpc) is 2.72. The molecule has 3 fully saturated rings. The smallest absolute Gasteiger partial charge is 0.227 e. The molecule has 1 unspecified atom stereocenters. The topological polar surface area (TPSA) is 56.3 Å². The summed E-state index contributed by atoms with van der Waals surface area (Å²) in [6.45, 7) is 7.86. The molecule has 154 valence electrons. The van der Waals surface area contributed by atoms with Gasteiger partial charge < -0.3 is 19.4 Å². The summed E-state index contributed by atoms with van der Waals surface area (Å²) in [5.41, 5.74) is 0. The number of piperidine rings is 2. The Balaban J connectivity index is 1.46. The Labute approximate surface area is 163 Å². The Hall–Kier alpha value is -1.18. The van der Waals surface area contributed by atoms with Crippen LogP contribution in [0.3, 0.4) is 0 Å². The van der Waals surface area contributed by atoms with Crippen LogP contribution in [0.4, 0.5) is 0 Å². The summed E-state index contributed by atoms with van der Waals surface area (Å²) < 4.78 is 5.02. The van der Waals surface area contributed by atoms with Crippen molar-refractivity contribution in [2.45, 2.75) is 38.1 Å². The van der Waals surface area contributed by atoms with E-state index in [2.05, 4.69) is 21.7 Å². The highest BCUT2D eigenvalue weighted by Crippen LogP contribution is 2.25. The molecule has 0 aromatic rings. The first-order chi connectivity index (χ1) is 13.1. The van der Waals surface area contributed by atoms with Crippen LogP contribution in [0.1, 0.15) is 32.1 Å². The van der Waals surface area contributed by atoms with E-state index in [9.17, 15) is 9.59 Å². The number of methoxy groups -OCH3 is 1. The number of likely N-dealkylation sites (N-methyl/N-ethyl adjacent to an activating group) is 1. The number of piperazine rings is 1. The molecule has 3 aliphatic heterocycles. The van der Waals surface area contributed by atoms with E-state index in [4.69, 9.17) is 4.74 Å². The van der Waals surface area contributed by atoms with Gasteiger partial charge in [0.1, 0.15) is 0 Å². The van der Waals surface area contributed by atoms with Crippen molar-refractivity contribution < 1.29 is 14.3 Å². The van der Waals surface area contributed by atoms with E-state index in [1.54, 1.807) is 7.11 Å². The summed E-state index contributed by atoms with van der Waals surface area (Å²) in [6.07, 6.45) is 4.65. The maximum atomic E-state index is 12.9. The molecule has 27 heavy (non-hydrogen) atoms. The zero-order chi connectivity index (χ0) is 19.2. The van der Waals surface area contributed by atoms with Gasteiger partial charge in [0.05, 0.1) is 18.9 Å². The quantitative estimate of drug-likeness (QED) is 0.695. The van der Waals surface area contributed by atoms with Gasteiger partial charge >= 0.3 is 0 Å². The zero-order valence-corrected chi connectivity index (χ0v) is 17.1. The molecule has 7 heteroatoms. The fourth-order valence-electron chi connectivity index (χ4n) is 4.65. The number of hydrogen-bond acceptors (Lipinski definition) is 5. The summed E-state index contributed by atoms with van der Waals surface area (Å²) >= 11 is 0. The Bertz CT molecular complexity index is 499. The van der Waals surface area contributed by atoms with Gasteiger partial charge in [0.25, 0.3) is 0 Å². The molecule has 7 nitrogen and oxygen atoms in total. The lowest BCUT2D eigenvalue weighted by molar-refractivity contribution is -0.139. The fourth-order valence-corrected chi connectivity index (χ4v) is 4.65. The molecule has 0 spiro atoms. The van der Waals surface area contributed by atoms with E-state index >= 15 is 0 Å². The van der Waals surface area contributed by atoms with Crippen molar-refractivity contribution in [1.29, 1.82) is 0 Å². The van der Waals surface area contributed by atoms with Gasteiger partial charge in [-0.05, 0) is 39.3 Å². The summed E-state index contributed by atoms with van der Waals surface area (Å²) in [6, 6.07) is 0.513. The minimum absolute atomic E-state index is 0.156. The molecule has 0 saturated carbocycles. The summed E-state index contributed by atoms with van der Waals surface area (Å²) in [4.78, 5) is 34.0. The van der Waals surface area contributed by atoms with Gasteiger partial charge in [-0.25, -0.2) is 0 Å². The second-order valence-corrected chi connectivity index (χ2v) is 8.32. The van der Waals surface area contributed by atoms with Gasteiger partial charge in [0.2, 0.25) is 11.8 Å². The Kier molecular flexibility index (Phi) is 7.49. The van der Waals surface area contributed by atoms with Gasteiger partial charge in [-0.2, -0.15) is 0 Å². The number of rotatable bonds is 5. The normalized spacial score (nSPS) is 26.4. The largest absolute Gasteiger partial charge is 0.384 e. The number of carbonyl (C=O) groups is 2. The lowest BCUT2D eigenvalue weighted by Gasteiger charge is -2.43. The number of carbonyl (C=O) groups excluding carboxylic acids is 2. The molecule has 0 radical (unpaired) electrons. The molecule has 0 bridgehead atoms. The number of hydrogen-bond donors (Lipinski definition) is 0. The molecule has 0 N–H and O–H groups in total. The molecule has 0 aromatic heterocycles. The monoisotopic (exact) mass is 380 g/mol. The predicted molar refractivity (Wildman–Crippen MR) is 104 cm³/mol. The fraction of sp³-hybridized carbons (Fsp3) is 0.900. The van der Waals surface area contributed by atoms with Crippen LogP contribution in [-0.2, 0) is 14.3 Å². The second kappa shape index (κ2) is 9.85. The number of nitrogens with zero attached hydrogens (tertiary/aromatic N) is 4. The number of ether oxygens (including phenoxy) is 1.